The van der Waals surface area contributed by atoms with Crippen LogP contribution in [0.15, 0.2) is 34.0 Å². The van der Waals surface area contributed by atoms with Gasteiger partial charge < -0.3 is 14.9 Å². The van der Waals surface area contributed by atoms with Gasteiger partial charge in [0.25, 0.3) is 11.1 Å². The van der Waals surface area contributed by atoms with E-state index in [1.165, 1.54) is 24.7 Å². The Morgan fingerprint density at radius 1 is 1.23 bits per heavy atom. The number of aryl methyl sites for hydroxylation is 1. The van der Waals surface area contributed by atoms with Crippen molar-refractivity contribution in [3.63, 3.8) is 0 Å². The van der Waals surface area contributed by atoms with Crippen molar-refractivity contribution in [1.82, 2.24) is 19.3 Å². The van der Waals surface area contributed by atoms with Crippen LogP contribution in [0.25, 0.3) is 10.8 Å². The highest BCUT2D eigenvalue weighted by molar-refractivity contribution is 6.73. The first-order chi connectivity index (χ1) is 16.6. The second-order valence-electron chi connectivity index (χ2n) is 9.41. The number of anilines is 1. The number of benzene rings is 1. The summed E-state index contributed by atoms with van der Waals surface area (Å²) in [5.41, 5.74) is -0.494. The van der Waals surface area contributed by atoms with Crippen molar-refractivity contribution in [1.29, 1.82) is 0 Å². The maximum absolute atomic E-state index is 13.5. The summed E-state index contributed by atoms with van der Waals surface area (Å²) >= 11 is 0. The number of alkyl halides is 3. The fourth-order valence-electron chi connectivity index (χ4n) is 4.97. The first-order valence-electron chi connectivity index (χ1n) is 11.8. The van der Waals surface area contributed by atoms with Crippen LogP contribution in [-0.4, -0.2) is 29.9 Å². The monoisotopic (exact) mass is 502 g/mol. The van der Waals surface area contributed by atoms with Crippen LogP contribution in [0.1, 0.15) is 55.0 Å². The van der Waals surface area contributed by atoms with E-state index in [2.05, 4.69) is 15.4 Å². The van der Waals surface area contributed by atoms with Crippen LogP contribution in [0.2, 0.25) is 6.04 Å². The Labute approximate surface area is 201 Å². The van der Waals surface area contributed by atoms with Gasteiger partial charge in [0, 0.05) is 29.9 Å². The van der Waals surface area contributed by atoms with E-state index >= 15 is 0 Å². The van der Waals surface area contributed by atoms with E-state index in [1.807, 2.05) is 0 Å². The average Bonchev–Trinajstić information content (AvgIpc) is 3.49. The summed E-state index contributed by atoms with van der Waals surface area (Å²) in [7, 11) is 0.118. The topological polar surface area (TPSA) is 81.0 Å². The third-order valence-corrected chi connectivity index (χ3v) is 9.53. The quantitative estimate of drug-likeness (QED) is 0.524. The minimum Gasteiger partial charge on any atom is -0.362 e. The van der Waals surface area contributed by atoms with Gasteiger partial charge in [-0.05, 0) is 62.9 Å². The Morgan fingerprint density at radius 3 is 2.60 bits per heavy atom. The summed E-state index contributed by atoms with van der Waals surface area (Å²) in [6.07, 6.45) is 0.0192. The number of rotatable bonds is 5. The number of nitrogens with one attached hydrogen (secondary N) is 2. The van der Waals surface area contributed by atoms with Gasteiger partial charge in [-0.25, -0.2) is 4.68 Å². The van der Waals surface area contributed by atoms with Crippen molar-refractivity contribution in [2.45, 2.75) is 57.4 Å². The molecule has 0 bridgehead atoms. The number of hydrogen-bond acceptors (Lipinski definition) is 5. The summed E-state index contributed by atoms with van der Waals surface area (Å²) in [6.45, 7) is 4.04. The summed E-state index contributed by atoms with van der Waals surface area (Å²) < 4.78 is 43.4. The van der Waals surface area contributed by atoms with Crippen LogP contribution in [0.5, 0.6) is 0 Å². The SMILES string of the molecule is Cc1c([C@@H](C)Nc2nn(C)c(=O)c3c([Si]4CCCN4)c(=O)n(C4CC4)cc23)cccc1C(F)(F)F. The molecular formula is C24H27F3N5O2Si. The van der Waals surface area contributed by atoms with Crippen molar-refractivity contribution < 1.29 is 13.2 Å². The number of nitrogens with zero attached hydrogens (tertiary/aromatic N) is 3. The van der Waals surface area contributed by atoms with Crippen LogP contribution in [0.3, 0.4) is 0 Å². The van der Waals surface area contributed by atoms with Gasteiger partial charge in [-0.2, -0.15) is 18.3 Å². The third-order valence-electron chi connectivity index (χ3n) is 6.93. The highest BCUT2D eigenvalue weighted by atomic mass is 28.3. The van der Waals surface area contributed by atoms with Crippen molar-refractivity contribution in [3.8, 4) is 0 Å². The highest BCUT2D eigenvalue weighted by Gasteiger charge is 2.34. The molecule has 0 spiro atoms. The van der Waals surface area contributed by atoms with Gasteiger partial charge in [0.2, 0.25) is 0 Å². The standard InChI is InChI=1S/C24H27F3N5O2Si/c1-13-16(6-4-7-18(13)24(25,26)27)14(2)29-21-17-12-32(15-8-9-15)23(34)20(35-11-5-10-28-35)19(17)22(33)31(3)30-21/h4,6-7,12,14-15,28H,5,8-11H2,1-3H3,(H,29,30)/t14-/m1/s1. The lowest BCUT2D eigenvalue weighted by molar-refractivity contribution is -0.138. The van der Waals surface area contributed by atoms with E-state index in [0.29, 0.717) is 27.3 Å². The summed E-state index contributed by atoms with van der Waals surface area (Å²) in [5.74, 6) is 0.377. The lowest BCUT2D eigenvalue weighted by Gasteiger charge is -2.22. The van der Waals surface area contributed by atoms with Crippen molar-refractivity contribution >= 4 is 30.7 Å². The van der Waals surface area contributed by atoms with Gasteiger partial charge in [0.1, 0.15) is 0 Å². The molecule has 185 valence electrons. The second-order valence-corrected chi connectivity index (χ2v) is 11.7. The minimum absolute atomic E-state index is 0.106. The molecule has 35 heavy (non-hydrogen) atoms. The summed E-state index contributed by atoms with van der Waals surface area (Å²) in [4.78, 5) is 30.2. The molecule has 1 saturated carbocycles. The molecule has 3 heterocycles. The lowest BCUT2D eigenvalue weighted by Crippen LogP contribution is -2.52. The zero-order chi connectivity index (χ0) is 25.1. The van der Waals surface area contributed by atoms with E-state index < -0.39 is 26.7 Å². The fourth-order valence-corrected chi connectivity index (χ4v) is 7.52. The van der Waals surface area contributed by atoms with Crippen LogP contribution in [-0.2, 0) is 13.2 Å². The summed E-state index contributed by atoms with van der Waals surface area (Å²) in [6, 6.07) is 4.57. The first kappa shape index (κ1) is 23.8. The van der Waals surface area contributed by atoms with Gasteiger partial charge in [-0.3, -0.25) is 9.59 Å². The van der Waals surface area contributed by atoms with Gasteiger partial charge in [-0.1, -0.05) is 12.1 Å². The van der Waals surface area contributed by atoms with E-state index in [0.717, 1.165) is 37.9 Å². The summed E-state index contributed by atoms with van der Waals surface area (Å²) in [5, 5.41) is 9.15. The molecule has 7 nitrogen and oxygen atoms in total. The van der Waals surface area contributed by atoms with E-state index in [9.17, 15) is 22.8 Å². The molecule has 2 fully saturated rings. The number of aromatic nitrogens is 3. The molecule has 11 heteroatoms. The Morgan fingerprint density at radius 2 is 1.97 bits per heavy atom. The Kier molecular flexibility index (Phi) is 5.87. The molecule has 2 aromatic heterocycles. The van der Waals surface area contributed by atoms with Crippen LogP contribution < -0.4 is 26.6 Å². The van der Waals surface area contributed by atoms with Crippen molar-refractivity contribution in [2.75, 3.05) is 11.9 Å². The largest absolute Gasteiger partial charge is 0.416 e. The minimum atomic E-state index is -4.45. The molecule has 0 unspecified atom stereocenters. The molecule has 1 atom stereocenters. The fraction of sp³-hybridized carbons (Fsp3) is 0.458. The predicted octanol–water partition coefficient (Wildman–Crippen LogP) is 3.12. The van der Waals surface area contributed by atoms with Gasteiger partial charge in [-0.15, -0.1) is 0 Å². The van der Waals surface area contributed by atoms with E-state index in [-0.39, 0.29) is 22.7 Å². The molecular weight excluding hydrogens is 475 g/mol. The van der Waals surface area contributed by atoms with Crippen LogP contribution in [0, 0.1) is 6.92 Å². The van der Waals surface area contributed by atoms with Gasteiger partial charge in [0.05, 0.1) is 17.0 Å². The van der Waals surface area contributed by atoms with Crippen LogP contribution in [0.4, 0.5) is 19.0 Å². The first-order valence-corrected chi connectivity index (χ1v) is 13.5. The predicted molar refractivity (Wildman–Crippen MR) is 131 cm³/mol. The number of fused-ring (bicyclic) bond motifs is 1. The molecule has 5 rings (SSSR count). The number of hydrogen-bond donors (Lipinski definition) is 2. The van der Waals surface area contributed by atoms with Crippen LogP contribution >= 0.6 is 0 Å². The Hall–Kier alpha value is -2.92. The molecule has 0 amide bonds. The maximum atomic E-state index is 13.5. The third kappa shape index (κ3) is 4.20. The molecule has 3 aromatic rings. The molecule has 2 aliphatic rings. The zero-order valence-electron chi connectivity index (χ0n) is 19.8. The second kappa shape index (κ2) is 8.63. The van der Waals surface area contributed by atoms with Gasteiger partial charge in [0.15, 0.2) is 14.8 Å². The molecule has 1 aromatic carbocycles. The Bertz CT molecular complexity index is 1420. The van der Waals surface area contributed by atoms with Crippen molar-refractivity contribution in [3.05, 3.63) is 61.8 Å². The number of halogens is 3. The highest BCUT2D eigenvalue weighted by Crippen LogP contribution is 2.36. The molecule has 1 aliphatic heterocycles. The zero-order valence-corrected chi connectivity index (χ0v) is 20.8. The normalized spacial score (nSPS) is 17.8. The maximum Gasteiger partial charge on any atom is 0.416 e. The Balaban J connectivity index is 1.67. The molecule has 1 radical (unpaired) electrons. The molecule has 1 saturated heterocycles. The van der Waals surface area contributed by atoms with E-state index in [1.54, 1.807) is 23.8 Å². The van der Waals surface area contributed by atoms with E-state index in [4.69, 9.17) is 0 Å². The average molecular weight is 503 g/mol. The van der Waals surface area contributed by atoms with Gasteiger partial charge >= 0.3 is 6.18 Å². The smallest absolute Gasteiger partial charge is 0.362 e. The molecule has 1 aliphatic carbocycles. The number of pyridine rings is 1. The molecule has 2 N–H and O–H groups in total. The lowest BCUT2D eigenvalue weighted by atomic mass is 9.97. The van der Waals surface area contributed by atoms with Crippen molar-refractivity contribution in [2.24, 2.45) is 7.05 Å².